The van der Waals surface area contributed by atoms with Crippen molar-refractivity contribution in [1.29, 1.82) is 0 Å². The van der Waals surface area contributed by atoms with Crippen molar-refractivity contribution < 1.29 is 0 Å². The molecule has 1 saturated heterocycles. The molecule has 1 N–H and O–H groups in total. The topological polar surface area (TPSA) is 33.1 Å². The summed E-state index contributed by atoms with van der Waals surface area (Å²) in [5.74, 6) is 0. The third-order valence-electron chi connectivity index (χ3n) is 6.01. The molecule has 1 aromatic carbocycles. The van der Waals surface area contributed by atoms with E-state index in [0.717, 1.165) is 10.8 Å². The third kappa shape index (κ3) is 3.23. The fraction of sp³-hybridized carbons (Fsp3) is 0.333. The molecule has 0 radical (unpaired) electrons. The number of pyridine rings is 1. The van der Waals surface area contributed by atoms with Gasteiger partial charge in [-0.25, -0.2) is 0 Å². The number of hydrogen-bond donors (Lipinski definition) is 1. The van der Waals surface area contributed by atoms with Crippen molar-refractivity contribution in [2.75, 3.05) is 0 Å². The molecule has 2 unspecified atom stereocenters. The van der Waals surface area contributed by atoms with Gasteiger partial charge in [0.05, 0.1) is 17.8 Å². The van der Waals surface area contributed by atoms with Crippen LogP contribution in [-0.2, 0) is 0 Å². The van der Waals surface area contributed by atoms with Crippen molar-refractivity contribution in [2.45, 2.75) is 52.7 Å². The van der Waals surface area contributed by atoms with E-state index in [4.69, 9.17) is 12.2 Å². The maximum Gasteiger partial charge on any atom is 0.170 e. The fourth-order valence-electron chi connectivity index (χ4n) is 4.64. The van der Waals surface area contributed by atoms with E-state index in [0.29, 0.717) is 0 Å². The van der Waals surface area contributed by atoms with Gasteiger partial charge in [0.1, 0.15) is 0 Å². The summed E-state index contributed by atoms with van der Waals surface area (Å²) >= 11 is 5.77. The summed E-state index contributed by atoms with van der Waals surface area (Å²) in [6.45, 7) is 11.1. The highest BCUT2D eigenvalue weighted by molar-refractivity contribution is 7.80. The average molecular weight is 405 g/mol. The van der Waals surface area contributed by atoms with Gasteiger partial charge in [0.15, 0.2) is 5.11 Å². The summed E-state index contributed by atoms with van der Waals surface area (Å²) in [4.78, 5) is 6.99. The highest BCUT2D eigenvalue weighted by Crippen LogP contribution is 2.44. The van der Waals surface area contributed by atoms with Gasteiger partial charge in [0, 0.05) is 34.9 Å². The van der Waals surface area contributed by atoms with E-state index in [1.54, 1.807) is 0 Å². The van der Waals surface area contributed by atoms with Crippen molar-refractivity contribution in [2.24, 2.45) is 0 Å². The van der Waals surface area contributed by atoms with E-state index >= 15 is 0 Å². The molecule has 1 aliphatic rings. The Hall–Kier alpha value is -2.66. The van der Waals surface area contributed by atoms with Crippen LogP contribution in [0.3, 0.4) is 0 Å². The molecule has 4 rings (SSSR count). The van der Waals surface area contributed by atoms with Crippen LogP contribution < -0.4 is 5.32 Å². The van der Waals surface area contributed by atoms with Crippen LogP contribution in [0, 0.1) is 20.8 Å². The van der Waals surface area contributed by atoms with E-state index in [1.807, 2.05) is 18.3 Å². The van der Waals surface area contributed by atoms with Crippen LogP contribution in [0.25, 0.3) is 5.69 Å². The van der Waals surface area contributed by atoms with Gasteiger partial charge < -0.3 is 14.8 Å². The zero-order valence-corrected chi connectivity index (χ0v) is 18.5. The molecule has 2 aromatic heterocycles. The first-order valence-corrected chi connectivity index (χ1v) is 10.6. The van der Waals surface area contributed by atoms with Crippen LogP contribution in [0.15, 0.2) is 54.7 Å². The minimum atomic E-state index is 0.0227. The molecule has 0 bridgehead atoms. The molecule has 4 nitrogen and oxygen atoms in total. The SMILES string of the molecule is Cc1c(C2C(c3ccccn3)NC(=S)N2C(C)C)c(C)n(-c2ccccc2)c1C. The lowest BCUT2D eigenvalue weighted by molar-refractivity contribution is 0.268. The van der Waals surface area contributed by atoms with Gasteiger partial charge in [0.2, 0.25) is 0 Å². The second kappa shape index (κ2) is 7.64. The van der Waals surface area contributed by atoms with Crippen molar-refractivity contribution in [3.63, 3.8) is 0 Å². The van der Waals surface area contributed by atoms with Crippen molar-refractivity contribution >= 4 is 17.3 Å². The second-order valence-electron chi connectivity index (χ2n) is 8.01. The molecule has 3 heterocycles. The molecule has 0 aliphatic carbocycles. The number of rotatable bonds is 4. The van der Waals surface area contributed by atoms with Crippen LogP contribution in [0.2, 0.25) is 0 Å². The van der Waals surface area contributed by atoms with E-state index < -0.39 is 0 Å². The zero-order chi connectivity index (χ0) is 20.7. The zero-order valence-electron chi connectivity index (χ0n) is 17.7. The van der Waals surface area contributed by atoms with Crippen LogP contribution in [0.5, 0.6) is 0 Å². The summed E-state index contributed by atoms with van der Waals surface area (Å²) in [7, 11) is 0. The Balaban J connectivity index is 1.91. The van der Waals surface area contributed by atoms with Gasteiger partial charge in [-0.1, -0.05) is 24.3 Å². The van der Waals surface area contributed by atoms with Gasteiger partial charge in [-0.3, -0.25) is 4.98 Å². The summed E-state index contributed by atoms with van der Waals surface area (Å²) in [6, 6.07) is 17.1. The van der Waals surface area contributed by atoms with Crippen LogP contribution in [0.1, 0.15) is 54.1 Å². The monoisotopic (exact) mass is 404 g/mol. The number of thiocarbonyl (C=S) groups is 1. The molecule has 2 atom stereocenters. The smallest absolute Gasteiger partial charge is 0.170 e. The Morgan fingerprint density at radius 3 is 2.28 bits per heavy atom. The number of hydrogen-bond acceptors (Lipinski definition) is 2. The Morgan fingerprint density at radius 2 is 1.66 bits per heavy atom. The molecular weight excluding hydrogens is 376 g/mol. The largest absolute Gasteiger partial charge is 0.352 e. The molecule has 3 aromatic rings. The number of benzene rings is 1. The summed E-state index contributed by atoms with van der Waals surface area (Å²) < 4.78 is 2.36. The maximum absolute atomic E-state index is 5.77. The fourth-order valence-corrected chi connectivity index (χ4v) is 5.09. The minimum Gasteiger partial charge on any atom is -0.352 e. The quantitative estimate of drug-likeness (QED) is 0.608. The lowest BCUT2D eigenvalue weighted by Gasteiger charge is -2.32. The average Bonchev–Trinajstić information content (AvgIpc) is 3.16. The molecule has 150 valence electrons. The lowest BCUT2D eigenvalue weighted by atomic mass is 9.93. The van der Waals surface area contributed by atoms with Gasteiger partial charge in [-0.2, -0.15) is 0 Å². The van der Waals surface area contributed by atoms with E-state index in [9.17, 15) is 0 Å². The molecule has 0 amide bonds. The van der Waals surface area contributed by atoms with E-state index in [1.165, 1.54) is 28.2 Å². The van der Waals surface area contributed by atoms with Gasteiger partial charge in [-0.05, 0) is 76.7 Å². The van der Waals surface area contributed by atoms with Gasteiger partial charge in [-0.15, -0.1) is 0 Å². The van der Waals surface area contributed by atoms with Crippen molar-refractivity contribution in [3.8, 4) is 5.69 Å². The minimum absolute atomic E-state index is 0.0227. The first-order chi connectivity index (χ1) is 13.9. The van der Waals surface area contributed by atoms with Gasteiger partial charge >= 0.3 is 0 Å². The summed E-state index contributed by atoms with van der Waals surface area (Å²) in [6.07, 6.45) is 1.86. The predicted molar refractivity (Wildman–Crippen MR) is 122 cm³/mol. The maximum atomic E-state index is 5.77. The highest BCUT2D eigenvalue weighted by Gasteiger charge is 2.43. The molecule has 1 aliphatic heterocycles. The number of aromatic nitrogens is 2. The predicted octanol–water partition coefficient (Wildman–Crippen LogP) is 5.18. The van der Waals surface area contributed by atoms with Crippen LogP contribution >= 0.6 is 12.2 Å². The number of nitrogens with one attached hydrogen (secondary N) is 1. The van der Waals surface area contributed by atoms with Gasteiger partial charge in [0.25, 0.3) is 0 Å². The van der Waals surface area contributed by atoms with Crippen LogP contribution in [-0.4, -0.2) is 25.6 Å². The lowest BCUT2D eigenvalue weighted by Crippen LogP contribution is -2.36. The first-order valence-electron chi connectivity index (χ1n) is 10.2. The Bertz CT molecular complexity index is 1020. The third-order valence-corrected chi connectivity index (χ3v) is 6.34. The second-order valence-corrected chi connectivity index (χ2v) is 8.39. The van der Waals surface area contributed by atoms with Crippen molar-refractivity contribution in [3.05, 3.63) is 82.9 Å². The Kier molecular flexibility index (Phi) is 5.17. The molecule has 5 heteroatoms. The number of para-hydroxylation sites is 1. The first kappa shape index (κ1) is 19.6. The standard InChI is InChI=1S/C24H28N4S/c1-15(2)27-23(22(26-24(27)29)20-13-9-10-14-25-20)21-16(3)17(4)28(18(21)5)19-11-7-6-8-12-19/h6-15,22-23H,1-5H3,(H,26,29). The summed E-state index contributed by atoms with van der Waals surface area (Å²) in [5.41, 5.74) is 7.39. The Labute approximate surface area is 178 Å². The van der Waals surface area contributed by atoms with E-state index in [-0.39, 0.29) is 18.1 Å². The molecule has 29 heavy (non-hydrogen) atoms. The highest BCUT2D eigenvalue weighted by atomic mass is 32.1. The summed E-state index contributed by atoms with van der Waals surface area (Å²) in [5, 5.41) is 4.35. The van der Waals surface area contributed by atoms with Crippen molar-refractivity contribution in [1.82, 2.24) is 19.8 Å². The molecular formula is C24H28N4S. The normalized spacial score (nSPS) is 19.1. The van der Waals surface area contributed by atoms with Crippen LogP contribution in [0.4, 0.5) is 0 Å². The molecule has 0 saturated carbocycles. The van der Waals surface area contributed by atoms with E-state index in [2.05, 4.69) is 90.8 Å². The molecule has 1 fully saturated rings. The Morgan fingerprint density at radius 1 is 0.966 bits per heavy atom. The molecule has 0 spiro atoms. The number of nitrogens with zero attached hydrogens (tertiary/aromatic N) is 3.